The van der Waals surface area contributed by atoms with Crippen molar-refractivity contribution >= 4 is 21.6 Å². The number of ether oxygens (including phenoxy) is 1. The quantitative estimate of drug-likeness (QED) is 0.549. The molecule has 1 atom stereocenters. The molecule has 0 spiro atoms. The Hall–Kier alpha value is -2.54. The number of benzene rings is 2. The summed E-state index contributed by atoms with van der Waals surface area (Å²) in [6, 6.07) is 15.9. The number of rotatable bonds is 11. The van der Waals surface area contributed by atoms with Crippen molar-refractivity contribution in [1.82, 2.24) is 5.32 Å². The van der Waals surface area contributed by atoms with Crippen LogP contribution >= 0.6 is 0 Å². The van der Waals surface area contributed by atoms with E-state index in [9.17, 15) is 13.2 Å². The van der Waals surface area contributed by atoms with Crippen LogP contribution in [0.3, 0.4) is 0 Å². The van der Waals surface area contributed by atoms with Crippen molar-refractivity contribution in [3.63, 3.8) is 0 Å². The number of para-hydroxylation sites is 1. The first-order valence-electron chi connectivity index (χ1n) is 10.3. The molecule has 2 rings (SSSR count). The van der Waals surface area contributed by atoms with E-state index in [0.29, 0.717) is 18.7 Å². The van der Waals surface area contributed by atoms with E-state index in [1.807, 2.05) is 51.1 Å². The highest BCUT2D eigenvalue weighted by Gasteiger charge is 2.31. The summed E-state index contributed by atoms with van der Waals surface area (Å²) in [7, 11) is -3.60. The van der Waals surface area contributed by atoms with Gasteiger partial charge in [-0.15, -0.1) is 0 Å². The molecule has 0 aromatic heterocycles. The molecule has 6 nitrogen and oxygen atoms in total. The second-order valence-corrected chi connectivity index (χ2v) is 9.38. The minimum atomic E-state index is -3.60. The smallest absolute Gasteiger partial charge is 0.243 e. The fourth-order valence-corrected chi connectivity index (χ4v) is 4.48. The SMILES string of the molecule is CCC(C(=O)NCCCc1ccc(OC(C)C)cc1)N(c1ccccc1)S(C)(=O)=O. The average molecular weight is 433 g/mol. The topological polar surface area (TPSA) is 75.7 Å². The number of carbonyl (C=O) groups excluding carboxylic acids is 1. The van der Waals surface area contributed by atoms with Gasteiger partial charge in [-0.2, -0.15) is 0 Å². The predicted octanol–water partition coefficient (Wildman–Crippen LogP) is 3.77. The zero-order valence-electron chi connectivity index (χ0n) is 18.2. The number of carbonyl (C=O) groups is 1. The number of hydrogen-bond acceptors (Lipinski definition) is 4. The number of hydrogen-bond donors (Lipinski definition) is 1. The van der Waals surface area contributed by atoms with Crippen LogP contribution in [0.25, 0.3) is 0 Å². The van der Waals surface area contributed by atoms with Gasteiger partial charge in [0.05, 0.1) is 18.0 Å². The Morgan fingerprint density at radius 1 is 1.07 bits per heavy atom. The number of nitrogens with one attached hydrogen (secondary N) is 1. The Kier molecular flexibility index (Phi) is 8.72. The Morgan fingerprint density at radius 2 is 1.70 bits per heavy atom. The monoisotopic (exact) mass is 432 g/mol. The molecular formula is C23H32N2O4S. The highest BCUT2D eigenvalue weighted by atomic mass is 32.2. The van der Waals surface area contributed by atoms with E-state index in [0.717, 1.165) is 30.4 Å². The lowest BCUT2D eigenvalue weighted by atomic mass is 10.1. The summed E-state index contributed by atoms with van der Waals surface area (Å²) >= 11 is 0. The standard InChI is InChI=1S/C23H32N2O4S/c1-5-22(25(30(4,27)28)20-11-7-6-8-12-20)23(26)24-17-9-10-19-13-15-21(16-14-19)29-18(2)3/h6-8,11-16,18,22H,5,9-10,17H2,1-4H3,(H,24,26). The molecule has 0 saturated carbocycles. The van der Waals surface area contributed by atoms with Crippen molar-refractivity contribution in [2.45, 2.75) is 52.2 Å². The molecule has 7 heteroatoms. The van der Waals surface area contributed by atoms with E-state index in [4.69, 9.17) is 4.74 Å². The highest BCUT2D eigenvalue weighted by Crippen LogP contribution is 2.22. The lowest BCUT2D eigenvalue weighted by Gasteiger charge is -2.30. The van der Waals surface area contributed by atoms with Crippen LogP contribution in [0.15, 0.2) is 54.6 Å². The third kappa shape index (κ3) is 7.06. The summed E-state index contributed by atoms with van der Waals surface area (Å²) < 4.78 is 31.6. The molecule has 0 saturated heterocycles. The number of amides is 1. The molecular weight excluding hydrogens is 400 g/mol. The molecule has 164 valence electrons. The normalized spacial score (nSPS) is 12.4. The maximum atomic E-state index is 12.8. The van der Waals surface area contributed by atoms with E-state index >= 15 is 0 Å². The molecule has 1 amide bonds. The van der Waals surface area contributed by atoms with Gasteiger partial charge in [-0.3, -0.25) is 9.10 Å². The van der Waals surface area contributed by atoms with Gasteiger partial charge < -0.3 is 10.1 Å². The maximum absolute atomic E-state index is 12.8. The first-order chi connectivity index (χ1) is 14.2. The third-order valence-electron chi connectivity index (χ3n) is 4.58. The minimum Gasteiger partial charge on any atom is -0.491 e. The summed E-state index contributed by atoms with van der Waals surface area (Å²) in [4.78, 5) is 12.8. The van der Waals surface area contributed by atoms with Crippen LogP contribution in [0.4, 0.5) is 5.69 Å². The Balaban J connectivity index is 1.93. The van der Waals surface area contributed by atoms with Crippen LogP contribution in [-0.2, 0) is 21.2 Å². The van der Waals surface area contributed by atoms with Gasteiger partial charge in [0.1, 0.15) is 11.8 Å². The summed E-state index contributed by atoms with van der Waals surface area (Å²) in [5.74, 6) is 0.557. The van der Waals surface area contributed by atoms with Gasteiger partial charge in [0.15, 0.2) is 0 Å². The molecule has 0 radical (unpaired) electrons. The summed E-state index contributed by atoms with van der Waals surface area (Å²) in [5.41, 5.74) is 1.65. The molecule has 0 aliphatic carbocycles. The van der Waals surface area contributed by atoms with E-state index in [2.05, 4.69) is 5.32 Å². The number of sulfonamides is 1. The first-order valence-corrected chi connectivity index (χ1v) is 12.1. The average Bonchev–Trinajstić information content (AvgIpc) is 2.69. The van der Waals surface area contributed by atoms with Crippen molar-refractivity contribution in [3.8, 4) is 5.75 Å². The zero-order chi connectivity index (χ0) is 22.1. The van der Waals surface area contributed by atoms with Gasteiger partial charge >= 0.3 is 0 Å². The highest BCUT2D eigenvalue weighted by molar-refractivity contribution is 7.92. The molecule has 30 heavy (non-hydrogen) atoms. The molecule has 2 aromatic rings. The largest absolute Gasteiger partial charge is 0.491 e. The van der Waals surface area contributed by atoms with Crippen LogP contribution in [-0.4, -0.2) is 39.3 Å². The summed E-state index contributed by atoms with van der Waals surface area (Å²) in [5, 5.41) is 2.89. The lowest BCUT2D eigenvalue weighted by molar-refractivity contribution is -0.122. The Morgan fingerprint density at radius 3 is 2.23 bits per heavy atom. The molecule has 0 aliphatic rings. The maximum Gasteiger partial charge on any atom is 0.243 e. The third-order valence-corrected chi connectivity index (χ3v) is 5.76. The zero-order valence-corrected chi connectivity index (χ0v) is 19.0. The second kappa shape index (κ2) is 11.0. The molecule has 0 fully saturated rings. The van der Waals surface area contributed by atoms with Gasteiger partial charge in [0.25, 0.3) is 0 Å². The van der Waals surface area contributed by atoms with Crippen LogP contribution in [0, 0.1) is 0 Å². The van der Waals surface area contributed by atoms with Gasteiger partial charge in [0, 0.05) is 6.54 Å². The molecule has 2 aromatic carbocycles. The first kappa shape index (κ1) is 23.7. The lowest BCUT2D eigenvalue weighted by Crippen LogP contribution is -2.49. The summed E-state index contributed by atoms with van der Waals surface area (Å²) in [6.45, 7) is 6.27. The van der Waals surface area contributed by atoms with Gasteiger partial charge in [-0.25, -0.2) is 8.42 Å². The predicted molar refractivity (Wildman–Crippen MR) is 121 cm³/mol. The second-order valence-electron chi connectivity index (χ2n) is 7.52. The van der Waals surface area contributed by atoms with Crippen molar-refractivity contribution in [2.75, 3.05) is 17.1 Å². The fourth-order valence-electron chi connectivity index (χ4n) is 3.26. The number of aryl methyl sites for hydroxylation is 1. The molecule has 0 heterocycles. The Bertz CT molecular complexity index is 897. The molecule has 1 unspecified atom stereocenters. The van der Waals surface area contributed by atoms with E-state index in [1.54, 1.807) is 24.3 Å². The van der Waals surface area contributed by atoms with Crippen molar-refractivity contribution in [3.05, 3.63) is 60.2 Å². The van der Waals surface area contributed by atoms with E-state index in [-0.39, 0.29) is 12.0 Å². The van der Waals surface area contributed by atoms with E-state index in [1.165, 1.54) is 4.31 Å². The van der Waals surface area contributed by atoms with E-state index < -0.39 is 16.1 Å². The fraction of sp³-hybridized carbons (Fsp3) is 0.435. The van der Waals surface area contributed by atoms with Crippen LogP contribution < -0.4 is 14.4 Å². The summed E-state index contributed by atoms with van der Waals surface area (Å²) in [6.07, 6.45) is 3.22. The van der Waals surface area contributed by atoms with Crippen molar-refractivity contribution < 1.29 is 17.9 Å². The van der Waals surface area contributed by atoms with Crippen molar-refractivity contribution in [2.24, 2.45) is 0 Å². The number of anilines is 1. The van der Waals surface area contributed by atoms with Crippen LogP contribution in [0.5, 0.6) is 5.75 Å². The Labute approximate surface area is 180 Å². The van der Waals surface area contributed by atoms with Crippen LogP contribution in [0.1, 0.15) is 39.2 Å². The van der Waals surface area contributed by atoms with Gasteiger partial charge in [-0.05, 0) is 62.9 Å². The van der Waals surface area contributed by atoms with Gasteiger partial charge in [-0.1, -0.05) is 37.3 Å². The van der Waals surface area contributed by atoms with Crippen molar-refractivity contribution in [1.29, 1.82) is 0 Å². The molecule has 0 aliphatic heterocycles. The van der Waals surface area contributed by atoms with Gasteiger partial charge in [0.2, 0.25) is 15.9 Å². The number of nitrogens with zero attached hydrogens (tertiary/aromatic N) is 1. The molecule has 0 bridgehead atoms. The van der Waals surface area contributed by atoms with Crippen LogP contribution in [0.2, 0.25) is 0 Å². The minimum absolute atomic E-state index is 0.139. The molecule has 1 N–H and O–H groups in total.